The van der Waals surface area contributed by atoms with Crippen LogP contribution in [-0.2, 0) is 16.0 Å². The highest BCUT2D eigenvalue weighted by molar-refractivity contribution is 6.21. The van der Waals surface area contributed by atoms with Gasteiger partial charge in [0.25, 0.3) is 11.8 Å². The standard InChI is InChI=1S/C21H21NO7/c1-26-16-10-13(11-17(27-2)19(16)28-3)12-18(23)29-9-8-22-20(24)14-6-4-5-7-15(14)21(22)25/h4-7,10-11H,8-9,12H2,1-3H3. The lowest BCUT2D eigenvalue weighted by Crippen LogP contribution is -2.33. The number of carbonyl (C=O) groups is 3. The molecule has 8 nitrogen and oxygen atoms in total. The first-order chi connectivity index (χ1) is 14.0. The number of benzene rings is 2. The van der Waals surface area contributed by atoms with Gasteiger partial charge in [-0.1, -0.05) is 12.1 Å². The van der Waals surface area contributed by atoms with Crippen molar-refractivity contribution in [2.45, 2.75) is 6.42 Å². The molecule has 0 aliphatic carbocycles. The molecule has 1 aliphatic heterocycles. The first-order valence-corrected chi connectivity index (χ1v) is 8.89. The van der Waals surface area contributed by atoms with Crippen LogP contribution in [0.1, 0.15) is 26.3 Å². The van der Waals surface area contributed by atoms with E-state index in [1.807, 2.05) is 0 Å². The van der Waals surface area contributed by atoms with Crippen LogP contribution < -0.4 is 14.2 Å². The van der Waals surface area contributed by atoms with Gasteiger partial charge >= 0.3 is 5.97 Å². The van der Waals surface area contributed by atoms with Gasteiger partial charge in [0.15, 0.2) is 11.5 Å². The van der Waals surface area contributed by atoms with Crippen LogP contribution in [0, 0.1) is 0 Å². The van der Waals surface area contributed by atoms with Crippen LogP contribution in [0.3, 0.4) is 0 Å². The van der Waals surface area contributed by atoms with Crippen molar-refractivity contribution in [2.24, 2.45) is 0 Å². The monoisotopic (exact) mass is 399 g/mol. The van der Waals surface area contributed by atoms with Crippen LogP contribution in [0.15, 0.2) is 36.4 Å². The van der Waals surface area contributed by atoms with Gasteiger partial charge in [-0.05, 0) is 29.8 Å². The predicted molar refractivity (Wildman–Crippen MR) is 103 cm³/mol. The Kier molecular flexibility index (Phi) is 6.01. The molecule has 0 spiro atoms. The lowest BCUT2D eigenvalue weighted by Gasteiger charge is -2.15. The van der Waals surface area contributed by atoms with Crippen molar-refractivity contribution in [3.63, 3.8) is 0 Å². The van der Waals surface area contributed by atoms with E-state index in [-0.39, 0.29) is 31.4 Å². The third-order valence-electron chi connectivity index (χ3n) is 4.53. The zero-order valence-electron chi connectivity index (χ0n) is 16.4. The number of amides is 2. The van der Waals surface area contributed by atoms with E-state index >= 15 is 0 Å². The molecule has 1 aliphatic rings. The Hall–Kier alpha value is -3.55. The van der Waals surface area contributed by atoms with Crippen molar-refractivity contribution >= 4 is 17.8 Å². The van der Waals surface area contributed by atoms with Crippen LogP contribution in [0.2, 0.25) is 0 Å². The van der Waals surface area contributed by atoms with Gasteiger partial charge in [-0.3, -0.25) is 19.3 Å². The highest BCUT2D eigenvalue weighted by atomic mass is 16.5. The molecule has 0 atom stereocenters. The van der Waals surface area contributed by atoms with E-state index in [9.17, 15) is 14.4 Å². The molecule has 1 heterocycles. The van der Waals surface area contributed by atoms with Crippen LogP contribution in [-0.4, -0.2) is 57.2 Å². The Bertz CT molecular complexity index is 894. The van der Waals surface area contributed by atoms with Crippen LogP contribution >= 0.6 is 0 Å². The van der Waals surface area contributed by atoms with Gasteiger partial charge in [-0.2, -0.15) is 0 Å². The number of fused-ring (bicyclic) bond motifs is 1. The SMILES string of the molecule is COc1cc(CC(=O)OCCN2C(=O)c3ccccc3C2=O)cc(OC)c1OC. The van der Waals surface area contributed by atoms with Crippen molar-refractivity contribution in [3.8, 4) is 17.2 Å². The minimum atomic E-state index is -0.504. The number of hydrogen-bond acceptors (Lipinski definition) is 7. The number of rotatable bonds is 8. The summed E-state index contributed by atoms with van der Waals surface area (Å²) in [5.41, 5.74) is 1.34. The lowest BCUT2D eigenvalue weighted by molar-refractivity contribution is -0.143. The molecule has 0 N–H and O–H groups in total. The van der Waals surface area contributed by atoms with Crippen molar-refractivity contribution in [1.82, 2.24) is 4.90 Å². The van der Waals surface area contributed by atoms with Crippen LogP contribution in [0.25, 0.3) is 0 Å². The maximum absolute atomic E-state index is 12.3. The fourth-order valence-electron chi connectivity index (χ4n) is 3.15. The number of ether oxygens (including phenoxy) is 4. The number of nitrogens with zero attached hydrogens (tertiary/aromatic N) is 1. The zero-order chi connectivity index (χ0) is 21.0. The van der Waals surface area contributed by atoms with Crippen molar-refractivity contribution < 1.29 is 33.3 Å². The van der Waals surface area contributed by atoms with Crippen molar-refractivity contribution in [1.29, 1.82) is 0 Å². The lowest BCUT2D eigenvalue weighted by atomic mass is 10.1. The molecule has 0 aromatic heterocycles. The van der Waals surface area contributed by atoms with E-state index < -0.39 is 5.97 Å². The van der Waals surface area contributed by atoms with Gasteiger partial charge in [0.2, 0.25) is 5.75 Å². The molecule has 0 radical (unpaired) electrons. The molecule has 2 aromatic rings. The molecule has 8 heteroatoms. The molecule has 0 bridgehead atoms. The number of hydrogen-bond donors (Lipinski definition) is 0. The van der Waals surface area contributed by atoms with Gasteiger partial charge in [-0.25, -0.2) is 0 Å². The van der Waals surface area contributed by atoms with E-state index in [0.717, 1.165) is 4.90 Å². The summed E-state index contributed by atoms with van der Waals surface area (Å²) >= 11 is 0. The normalized spacial score (nSPS) is 12.6. The average molecular weight is 399 g/mol. The molecule has 2 amide bonds. The number of methoxy groups -OCH3 is 3. The van der Waals surface area contributed by atoms with Gasteiger partial charge in [0, 0.05) is 0 Å². The first-order valence-electron chi connectivity index (χ1n) is 8.89. The Morgan fingerprint density at radius 2 is 1.45 bits per heavy atom. The zero-order valence-corrected chi connectivity index (χ0v) is 16.4. The summed E-state index contributed by atoms with van der Waals surface area (Å²) in [6.45, 7) is -0.0952. The molecular formula is C21H21NO7. The molecule has 152 valence electrons. The summed E-state index contributed by atoms with van der Waals surface area (Å²) in [7, 11) is 4.47. The fourth-order valence-corrected chi connectivity index (χ4v) is 3.15. The topological polar surface area (TPSA) is 91.4 Å². The van der Waals surface area contributed by atoms with Gasteiger partial charge in [0.1, 0.15) is 6.61 Å². The van der Waals surface area contributed by atoms with E-state index in [2.05, 4.69) is 0 Å². The minimum Gasteiger partial charge on any atom is -0.493 e. The third-order valence-corrected chi connectivity index (χ3v) is 4.53. The summed E-state index contributed by atoms with van der Waals surface area (Å²) in [6, 6.07) is 9.92. The van der Waals surface area contributed by atoms with Crippen LogP contribution in [0.5, 0.6) is 17.2 Å². The van der Waals surface area contributed by atoms with Gasteiger partial charge in [-0.15, -0.1) is 0 Å². The maximum atomic E-state index is 12.3. The van der Waals surface area contributed by atoms with E-state index in [1.165, 1.54) is 21.3 Å². The molecule has 0 fully saturated rings. The van der Waals surface area contributed by atoms with E-state index in [0.29, 0.717) is 33.9 Å². The van der Waals surface area contributed by atoms with E-state index in [1.54, 1.807) is 36.4 Å². The minimum absolute atomic E-state index is 0.00661. The maximum Gasteiger partial charge on any atom is 0.310 e. The average Bonchev–Trinajstić information content (AvgIpc) is 2.98. The second-order valence-corrected chi connectivity index (χ2v) is 6.24. The van der Waals surface area contributed by atoms with Gasteiger partial charge < -0.3 is 18.9 Å². The van der Waals surface area contributed by atoms with Crippen molar-refractivity contribution in [3.05, 3.63) is 53.1 Å². The number of imide groups is 1. The third kappa shape index (κ3) is 4.01. The van der Waals surface area contributed by atoms with Crippen LogP contribution in [0.4, 0.5) is 0 Å². The number of carbonyl (C=O) groups excluding carboxylic acids is 3. The fraction of sp³-hybridized carbons (Fsp3) is 0.286. The number of esters is 1. The van der Waals surface area contributed by atoms with E-state index in [4.69, 9.17) is 18.9 Å². The molecular weight excluding hydrogens is 378 g/mol. The molecule has 29 heavy (non-hydrogen) atoms. The summed E-state index contributed by atoms with van der Waals surface area (Å²) in [6.07, 6.45) is -0.0289. The summed E-state index contributed by atoms with van der Waals surface area (Å²) in [5, 5.41) is 0. The Morgan fingerprint density at radius 1 is 0.897 bits per heavy atom. The second-order valence-electron chi connectivity index (χ2n) is 6.24. The highest BCUT2D eigenvalue weighted by Gasteiger charge is 2.34. The smallest absolute Gasteiger partial charge is 0.310 e. The largest absolute Gasteiger partial charge is 0.493 e. The Balaban J connectivity index is 1.59. The summed E-state index contributed by atoms with van der Waals surface area (Å²) in [5.74, 6) is 0.0209. The molecule has 2 aromatic carbocycles. The molecule has 0 unspecified atom stereocenters. The highest BCUT2D eigenvalue weighted by Crippen LogP contribution is 2.38. The summed E-state index contributed by atoms with van der Waals surface area (Å²) in [4.78, 5) is 37.9. The Labute approximate surface area is 167 Å². The second kappa shape index (κ2) is 8.64. The quantitative estimate of drug-likeness (QED) is 0.496. The molecule has 3 rings (SSSR count). The van der Waals surface area contributed by atoms with Crippen molar-refractivity contribution in [2.75, 3.05) is 34.5 Å². The summed E-state index contributed by atoms with van der Waals surface area (Å²) < 4.78 is 21.0. The van der Waals surface area contributed by atoms with Gasteiger partial charge in [0.05, 0.1) is 45.4 Å². The first kappa shape index (κ1) is 20.2. The predicted octanol–water partition coefficient (Wildman–Crippen LogP) is 2.09. The molecule has 0 saturated carbocycles. The molecule has 0 saturated heterocycles. The Morgan fingerprint density at radius 3 is 1.93 bits per heavy atom.